The molecule has 1 saturated carbocycles. The lowest BCUT2D eigenvalue weighted by molar-refractivity contribution is 0.0595. The summed E-state index contributed by atoms with van der Waals surface area (Å²) in [5.41, 5.74) is 3.96. The zero-order valence-electron chi connectivity index (χ0n) is 27.4. The number of amides is 1. The molecule has 1 aliphatic carbocycles. The van der Waals surface area contributed by atoms with Crippen LogP contribution < -0.4 is 25.0 Å². The van der Waals surface area contributed by atoms with Gasteiger partial charge in [0.2, 0.25) is 0 Å². The van der Waals surface area contributed by atoms with Gasteiger partial charge in [-0.05, 0) is 91.8 Å². The lowest BCUT2D eigenvalue weighted by Crippen LogP contribution is -2.43. The van der Waals surface area contributed by atoms with Crippen molar-refractivity contribution in [1.29, 1.82) is 5.26 Å². The molecule has 0 radical (unpaired) electrons. The molecule has 2 aromatic carbocycles. The molecule has 45 heavy (non-hydrogen) atoms. The number of anilines is 1. The molecule has 1 atom stereocenters. The number of carbonyl (C=O) groups excluding carboxylic acids is 1. The van der Waals surface area contributed by atoms with E-state index in [1.807, 2.05) is 29.2 Å². The smallest absolute Gasteiger partial charge is 0.253 e. The number of hydrogen-bond donors (Lipinski definition) is 2. The quantitative estimate of drug-likeness (QED) is 0.413. The number of nitrogens with zero attached hydrogens (tertiary/aromatic N) is 3. The maximum Gasteiger partial charge on any atom is 0.253 e. The third-order valence-electron chi connectivity index (χ3n) is 10.5. The van der Waals surface area contributed by atoms with E-state index in [1.54, 1.807) is 0 Å². The van der Waals surface area contributed by atoms with Gasteiger partial charge in [-0.25, -0.2) is 0 Å². The minimum atomic E-state index is -0.0243. The van der Waals surface area contributed by atoms with E-state index in [-0.39, 0.29) is 18.1 Å². The normalized spacial score (nSPS) is 24.7. The molecule has 242 valence electrons. The van der Waals surface area contributed by atoms with Gasteiger partial charge in [0.1, 0.15) is 29.8 Å². The first-order valence-electron chi connectivity index (χ1n) is 17.3. The molecule has 2 aromatic rings. The molecule has 1 amide bonds. The Morgan fingerprint density at radius 2 is 1.56 bits per heavy atom. The zero-order valence-corrected chi connectivity index (χ0v) is 27.4. The van der Waals surface area contributed by atoms with Crippen molar-refractivity contribution in [2.75, 3.05) is 57.3 Å². The van der Waals surface area contributed by atoms with Crippen molar-refractivity contribution in [3.63, 3.8) is 0 Å². The molecule has 0 aromatic heterocycles. The van der Waals surface area contributed by atoms with E-state index < -0.39 is 0 Å². The fraction of sp³-hybridized carbons (Fsp3) is 0.622. The van der Waals surface area contributed by atoms with E-state index in [4.69, 9.17) is 9.47 Å². The van der Waals surface area contributed by atoms with Crippen molar-refractivity contribution in [3.8, 4) is 17.6 Å². The number of rotatable bonds is 7. The number of ether oxygens (including phenoxy) is 2. The first-order valence-corrected chi connectivity index (χ1v) is 17.3. The first kappa shape index (κ1) is 31.7. The number of piperidine rings is 1. The largest absolute Gasteiger partial charge is 0.489 e. The van der Waals surface area contributed by atoms with E-state index in [1.165, 1.54) is 18.4 Å². The van der Waals surface area contributed by atoms with Gasteiger partial charge in [-0.3, -0.25) is 4.79 Å². The highest BCUT2D eigenvalue weighted by Crippen LogP contribution is 2.45. The number of likely N-dealkylation sites (tertiary alicyclic amines) is 1. The fourth-order valence-electron chi connectivity index (χ4n) is 7.65. The maximum atomic E-state index is 13.8. The van der Waals surface area contributed by atoms with Crippen molar-refractivity contribution >= 4 is 11.6 Å². The molecule has 6 rings (SSSR count). The van der Waals surface area contributed by atoms with E-state index >= 15 is 0 Å². The molecule has 3 heterocycles. The molecular formula is C37H51N5O3. The maximum absolute atomic E-state index is 13.8. The van der Waals surface area contributed by atoms with Gasteiger partial charge in [-0.15, -0.1) is 0 Å². The summed E-state index contributed by atoms with van der Waals surface area (Å²) in [5, 5.41) is 16.5. The van der Waals surface area contributed by atoms with E-state index in [9.17, 15) is 10.1 Å². The van der Waals surface area contributed by atoms with E-state index in [2.05, 4.69) is 54.5 Å². The van der Waals surface area contributed by atoms with Crippen LogP contribution in [-0.4, -0.2) is 75.4 Å². The van der Waals surface area contributed by atoms with Gasteiger partial charge in [-0.1, -0.05) is 20.8 Å². The third-order valence-corrected chi connectivity index (χ3v) is 10.5. The molecule has 8 heteroatoms. The standard InChI is InChI=1S/C37H51N5O3/c1-37(2,3)29-8-4-26(5-9-29)33-22-27(7-11-34(33)45-32-12-15-40-25-32)36(43)42-18-13-31(14-19-42)44-35-23-30(10-6-28(35)24-38)41-20-16-39-17-21-41/h6-7,10-11,22-23,26,29,31-32,39-40H,4-5,8-9,12-21,25H2,1-3H3/t26?,29?,32-/m0/s1. The Morgan fingerprint density at radius 3 is 2.22 bits per heavy atom. The van der Waals surface area contributed by atoms with Gasteiger partial charge in [0.15, 0.2) is 0 Å². The van der Waals surface area contributed by atoms with Crippen LogP contribution in [0.5, 0.6) is 11.5 Å². The summed E-state index contributed by atoms with van der Waals surface area (Å²) in [7, 11) is 0. The third kappa shape index (κ3) is 7.58. The molecule has 0 unspecified atom stereocenters. The van der Waals surface area contributed by atoms with Crippen LogP contribution >= 0.6 is 0 Å². The first-order chi connectivity index (χ1) is 21.8. The lowest BCUT2D eigenvalue weighted by Gasteiger charge is -2.37. The Hall–Kier alpha value is -3.28. The molecule has 2 N–H and O–H groups in total. The zero-order chi connectivity index (χ0) is 31.4. The number of piperazine rings is 1. The predicted octanol–water partition coefficient (Wildman–Crippen LogP) is 5.71. The number of nitriles is 1. The van der Waals surface area contributed by atoms with Crippen LogP contribution in [0.1, 0.15) is 93.1 Å². The minimum Gasteiger partial charge on any atom is -0.489 e. The summed E-state index contributed by atoms with van der Waals surface area (Å²) in [6, 6.07) is 14.4. The van der Waals surface area contributed by atoms with Crippen LogP contribution in [0.2, 0.25) is 0 Å². The highest BCUT2D eigenvalue weighted by molar-refractivity contribution is 5.94. The van der Waals surface area contributed by atoms with Crippen LogP contribution in [-0.2, 0) is 0 Å². The second-order valence-corrected chi connectivity index (χ2v) is 14.5. The van der Waals surface area contributed by atoms with Crippen LogP contribution in [0.25, 0.3) is 0 Å². The van der Waals surface area contributed by atoms with E-state index in [0.717, 1.165) is 94.3 Å². The van der Waals surface area contributed by atoms with Crippen molar-refractivity contribution in [2.24, 2.45) is 11.3 Å². The summed E-state index contributed by atoms with van der Waals surface area (Å²) >= 11 is 0. The second kappa shape index (κ2) is 14.0. The highest BCUT2D eigenvalue weighted by Gasteiger charge is 2.33. The number of benzene rings is 2. The van der Waals surface area contributed by atoms with Gasteiger partial charge in [-0.2, -0.15) is 5.26 Å². The van der Waals surface area contributed by atoms with Gasteiger partial charge < -0.3 is 29.9 Å². The van der Waals surface area contributed by atoms with Crippen molar-refractivity contribution in [2.45, 2.75) is 83.8 Å². The van der Waals surface area contributed by atoms with Crippen molar-refractivity contribution in [3.05, 3.63) is 53.1 Å². The molecule has 4 aliphatic rings. The Kier molecular flexibility index (Phi) is 9.87. The van der Waals surface area contributed by atoms with E-state index in [0.29, 0.717) is 35.7 Å². The molecule has 0 spiro atoms. The summed E-state index contributed by atoms with van der Waals surface area (Å²) in [6.45, 7) is 14.0. The molecule has 3 aliphatic heterocycles. The van der Waals surface area contributed by atoms with Crippen LogP contribution in [0.4, 0.5) is 5.69 Å². The predicted molar refractivity (Wildman–Crippen MR) is 178 cm³/mol. The topological polar surface area (TPSA) is 89.9 Å². The summed E-state index contributed by atoms with van der Waals surface area (Å²) in [5.74, 6) is 2.86. The Bertz CT molecular complexity index is 1350. The SMILES string of the molecule is CC(C)(C)C1CCC(c2cc(C(=O)N3CCC(Oc4cc(N5CCNCC5)ccc4C#N)CC3)ccc2O[C@H]2CCNC2)CC1. The number of carbonyl (C=O) groups is 1. The van der Waals surface area contributed by atoms with Crippen LogP contribution in [0.15, 0.2) is 36.4 Å². The number of nitrogens with one attached hydrogen (secondary N) is 2. The monoisotopic (exact) mass is 613 g/mol. The Labute approximate surface area is 269 Å². The van der Waals surface area contributed by atoms with Crippen molar-refractivity contribution < 1.29 is 14.3 Å². The fourth-order valence-corrected chi connectivity index (χ4v) is 7.65. The Morgan fingerprint density at radius 1 is 0.822 bits per heavy atom. The van der Waals surface area contributed by atoms with Crippen LogP contribution in [0.3, 0.4) is 0 Å². The average Bonchev–Trinajstić information content (AvgIpc) is 3.58. The van der Waals surface area contributed by atoms with Gasteiger partial charge in [0, 0.05) is 76.0 Å². The molecule has 4 fully saturated rings. The number of hydrogen-bond acceptors (Lipinski definition) is 7. The van der Waals surface area contributed by atoms with Crippen molar-refractivity contribution in [1.82, 2.24) is 15.5 Å². The molecule has 3 saturated heterocycles. The Balaban J connectivity index is 1.11. The molecule has 8 nitrogen and oxygen atoms in total. The summed E-state index contributed by atoms with van der Waals surface area (Å²) < 4.78 is 13.0. The van der Waals surface area contributed by atoms with Gasteiger partial charge >= 0.3 is 0 Å². The molecule has 0 bridgehead atoms. The second-order valence-electron chi connectivity index (χ2n) is 14.5. The summed E-state index contributed by atoms with van der Waals surface area (Å²) in [6.07, 6.45) is 7.39. The summed E-state index contributed by atoms with van der Waals surface area (Å²) in [4.78, 5) is 18.1. The highest BCUT2D eigenvalue weighted by atomic mass is 16.5. The lowest BCUT2D eigenvalue weighted by atomic mass is 9.68. The van der Waals surface area contributed by atoms with Crippen LogP contribution in [0, 0.1) is 22.7 Å². The molecular weight excluding hydrogens is 562 g/mol. The minimum absolute atomic E-state index is 0.0243. The van der Waals surface area contributed by atoms with Gasteiger partial charge in [0.05, 0.1) is 5.56 Å². The van der Waals surface area contributed by atoms with Gasteiger partial charge in [0.25, 0.3) is 5.91 Å². The average molecular weight is 614 g/mol.